The van der Waals surface area contributed by atoms with Crippen LogP contribution in [0.1, 0.15) is 42.4 Å². The van der Waals surface area contributed by atoms with Crippen molar-refractivity contribution in [2.24, 2.45) is 0 Å². The SMILES string of the molecule is CCc1c(C(=O)NCCN(CC)CC)cnn1-c1ccc(C)cc1. The second-order valence-electron chi connectivity index (χ2n) is 5.89. The van der Waals surface area contributed by atoms with Crippen LogP contribution in [0, 0.1) is 6.92 Å². The molecular weight excluding hydrogens is 300 g/mol. The fourth-order valence-corrected chi connectivity index (χ4v) is 2.77. The normalized spacial score (nSPS) is 11.0. The summed E-state index contributed by atoms with van der Waals surface area (Å²) < 4.78 is 1.86. The lowest BCUT2D eigenvalue weighted by atomic mass is 10.1. The van der Waals surface area contributed by atoms with Crippen LogP contribution in [0.3, 0.4) is 0 Å². The van der Waals surface area contributed by atoms with E-state index in [9.17, 15) is 4.79 Å². The number of amides is 1. The summed E-state index contributed by atoms with van der Waals surface area (Å²) >= 11 is 0. The number of nitrogens with one attached hydrogen (secondary N) is 1. The highest BCUT2D eigenvalue weighted by Gasteiger charge is 2.17. The van der Waals surface area contributed by atoms with E-state index in [0.29, 0.717) is 12.1 Å². The lowest BCUT2D eigenvalue weighted by molar-refractivity contribution is 0.0948. The average molecular weight is 328 g/mol. The minimum Gasteiger partial charge on any atom is -0.351 e. The van der Waals surface area contributed by atoms with E-state index in [-0.39, 0.29) is 5.91 Å². The molecule has 0 aliphatic carbocycles. The monoisotopic (exact) mass is 328 g/mol. The maximum absolute atomic E-state index is 12.5. The van der Waals surface area contributed by atoms with E-state index < -0.39 is 0 Å². The van der Waals surface area contributed by atoms with Gasteiger partial charge in [0, 0.05) is 13.1 Å². The molecule has 1 aromatic carbocycles. The van der Waals surface area contributed by atoms with Crippen molar-refractivity contribution in [3.8, 4) is 5.69 Å². The number of aromatic nitrogens is 2. The first-order valence-electron chi connectivity index (χ1n) is 8.75. The number of likely N-dealkylation sites (N-methyl/N-ethyl adjacent to an activating group) is 1. The Hall–Kier alpha value is -2.14. The summed E-state index contributed by atoms with van der Waals surface area (Å²) in [6, 6.07) is 8.17. The van der Waals surface area contributed by atoms with Gasteiger partial charge in [-0.2, -0.15) is 5.10 Å². The van der Waals surface area contributed by atoms with Gasteiger partial charge in [0.2, 0.25) is 0 Å². The van der Waals surface area contributed by atoms with Crippen LogP contribution in [0.2, 0.25) is 0 Å². The molecule has 0 spiro atoms. The highest BCUT2D eigenvalue weighted by Crippen LogP contribution is 2.16. The van der Waals surface area contributed by atoms with E-state index in [1.54, 1.807) is 6.20 Å². The third-order valence-corrected chi connectivity index (χ3v) is 4.33. The predicted molar refractivity (Wildman–Crippen MR) is 97.8 cm³/mol. The van der Waals surface area contributed by atoms with E-state index in [2.05, 4.69) is 48.2 Å². The van der Waals surface area contributed by atoms with Gasteiger partial charge < -0.3 is 10.2 Å². The summed E-state index contributed by atoms with van der Waals surface area (Å²) in [6.45, 7) is 11.9. The first-order chi connectivity index (χ1) is 11.6. The molecule has 0 unspecified atom stereocenters. The van der Waals surface area contributed by atoms with Crippen LogP contribution in [0.4, 0.5) is 0 Å². The fraction of sp³-hybridized carbons (Fsp3) is 0.474. The van der Waals surface area contributed by atoms with E-state index in [1.807, 2.05) is 23.7 Å². The zero-order valence-electron chi connectivity index (χ0n) is 15.2. The molecule has 1 aromatic heterocycles. The van der Waals surface area contributed by atoms with Crippen molar-refractivity contribution in [3.63, 3.8) is 0 Å². The minimum atomic E-state index is -0.0441. The summed E-state index contributed by atoms with van der Waals surface area (Å²) in [5.41, 5.74) is 3.80. The van der Waals surface area contributed by atoms with E-state index in [1.165, 1.54) is 5.56 Å². The van der Waals surface area contributed by atoms with Crippen molar-refractivity contribution in [2.75, 3.05) is 26.2 Å². The molecule has 2 aromatic rings. The van der Waals surface area contributed by atoms with Gasteiger partial charge in [-0.25, -0.2) is 4.68 Å². The highest BCUT2D eigenvalue weighted by atomic mass is 16.1. The van der Waals surface area contributed by atoms with Gasteiger partial charge >= 0.3 is 0 Å². The Morgan fingerprint density at radius 2 is 1.83 bits per heavy atom. The van der Waals surface area contributed by atoms with Gasteiger partial charge in [0.25, 0.3) is 5.91 Å². The molecule has 1 N–H and O–H groups in total. The van der Waals surface area contributed by atoms with Gasteiger partial charge in [0.15, 0.2) is 0 Å². The first kappa shape index (κ1) is 18.2. The molecule has 5 nitrogen and oxygen atoms in total. The lowest BCUT2D eigenvalue weighted by Gasteiger charge is -2.18. The molecule has 24 heavy (non-hydrogen) atoms. The molecule has 130 valence electrons. The minimum absolute atomic E-state index is 0.0441. The zero-order valence-corrected chi connectivity index (χ0v) is 15.2. The number of carbonyl (C=O) groups is 1. The number of carbonyl (C=O) groups excluding carboxylic acids is 1. The zero-order chi connectivity index (χ0) is 17.5. The number of hydrogen-bond acceptors (Lipinski definition) is 3. The lowest BCUT2D eigenvalue weighted by Crippen LogP contribution is -2.35. The van der Waals surface area contributed by atoms with Gasteiger partial charge in [-0.05, 0) is 38.6 Å². The molecule has 5 heteroatoms. The third kappa shape index (κ3) is 4.23. The molecule has 0 fully saturated rings. The second-order valence-corrected chi connectivity index (χ2v) is 5.89. The summed E-state index contributed by atoms with van der Waals surface area (Å²) in [6.07, 6.45) is 2.43. The number of hydrogen-bond donors (Lipinski definition) is 1. The molecule has 0 aliphatic rings. The van der Waals surface area contributed by atoms with Crippen molar-refractivity contribution in [1.82, 2.24) is 20.0 Å². The van der Waals surface area contributed by atoms with Crippen molar-refractivity contribution in [1.29, 1.82) is 0 Å². The van der Waals surface area contributed by atoms with Crippen LogP contribution in [0.15, 0.2) is 30.5 Å². The van der Waals surface area contributed by atoms with Gasteiger partial charge in [-0.1, -0.05) is 38.5 Å². The van der Waals surface area contributed by atoms with Crippen LogP contribution in [-0.2, 0) is 6.42 Å². The Balaban J connectivity index is 2.10. The molecular formula is C19H28N4O. The van der Waals surface area contributed by atoms with E-state index >= 15 is 0 Å². The first-order valence-corrected chi connectivity index (χ1v) is 8.75. The van der Waals surface area contributed by atoms with Gasteiger partial charge in [-0.3, -0.25) is 4.79 Å². The molecule has 0 saturated carbocycles. The van der Waals surface area contributed by atoms with Crippen molar-refractivity contribution in [3.05, 3.63) is 47.3 Å². The van der Waals surface area contributed by atoms with Crippen LogP contribution in [0.25, 0.3) is 5.69 Å². The molecule has 0 saturated heterocycles. The van der Waals surface area contributed by atoms with Crippen LogP contribution in [-0.4, -0.2) is 46.8 Å². The molecule has 1 heterocycles. The molecule has 2 rings (SSSR count). The quantitative estimate of drug-likeness (QED) is 0.811. The maximum Gasteiger partial charge on any atom is 0.254 e. The Morgan fingerprint density at radius 1 is 1.17 bits per heavy atom. The number of nitrogens with zero attached hydrogens (tertiary/aromatic N) is 3. The topological polar surface area (TPSA) is 50.2 Å². The average Bonchev–Trinajstić information content (AvgIpc) is 3.03. The van der Waals surface area contributed by atoms with Crippen LogP contribution < -0.4 is 5.32 Å². The van der Waals surface area contributed by atoms with Crippen LogP contribution >= 0.6 is 0 Å². The standard InChI is InChI=1S/C19H28N4O/c1-5-18-17(19(24)20-12-13-22(6-2)7-3)14-21-23(18)16-10-8-15(4)9-11-16/h8-11,14H,5-7,12-13H2,1-4H3,(H,20,24). The Kier molecular flexibility index (Phi) is 6.55. The predicted octanol–water partition coefficient (Wildman–Crippen LogP) is 2.81. The largest absolute Gasteiger partial charge is 0.351 e. The third-order valence-electron chi connectivity index (χ3n) is 4.33. The molecule has 0 bridgehead atoms. The molecule has 1 amide bonds. The smallest absolute Gasteiger partial charge is 0.254 e. The number of rotatable bonds is 8. The number of benzene rings is 1. The Bertz CT molecular complexity index is 657. The maximum atomic E-state index is 12.5. The van der Waals surface area contributed by atoms with Gasteiger partial charge in [-0.15, -0.1) is 0 Å². The van der Waals surface area contributed by atoms with Crippen molar-refractivity contribution < 1.29 is 4.79 Å². The molecule has 0 aliphatic heterocycles. The second kappa shape index (κ2) is 8.64. The fourth-order valence-electron chi connectivity index (χ4n) is 2.77. The van der Waals surface area contributed by atoms with Crippen molar-refractivity contribution >= 4 is 5.91 Å². The molecule has 0 atom stereocenters. The summed E-state index contributed by atoms with van der Waals surface area (Å²) in [7, 11) is 0. The Morgan fingerprint density at radius 3 is 2.42 bits per heavy atom. The van der Waals surface area contributed by atoms with Gasteiger partial charge in [0.1, 0.15) is 0 Å². The summed E-state index contributed by atoms with van der Waals surface area (Å²) in [5, 5.41) is 7.44. The van der Waals surface area contributed by atoms with E-state index in [0.717, 1.165) is 37.4 Å². The van der Waals surface area contributed by atoms with Crippen molar-refractivity contribution in [2.45, 2.75) is 34.1 Å². The van der Waals surface area contributed by atoms with E-state index in [4.69, 9.17) is 0 Å². The molecule has 0 radical (unpaired) electrons. The summed E-state index contributed by atoms with van der Waals surface area (Å²) in [4.78, 5) is 14.8. The summed E-state index contributed by atoms with van der Waals surface area (Å²) in [5.74, 6) is -0.0441. The highest BCUT2D eigenvalue weighted by molar-refractivity contribution is 5.95. The Labute approximate surface area is 144 Å². The van der Waals surface area contributed by atoms with Crippen LogP contribution in [0.5, 0.6) is 0 Å². The number of aryl methyl sites for hydroxylation is 1. The van der Waals surface area contributed by atoms with Gasteiger partial charge in [0.05, 0.1) is 23.1 Å².